The molecule has 0 aromatic carbocycles. The third kappa shape index (κ3) is 2.79. The molecule has 1 aliphatic rings. The summed E-state index contributed by atoms with van der Waals surface area (Å²) in [4.78, 5) is 0. The summed E-state index contributed by atoms with van der Waals surface area (Å²) in [5.74, 6) is 0. The Morgan fingerprint density at radius 1 is 1.46 bits per heavy atom. The zero-order valence-corrected chi connectivity index (χ0v) is 8.43. The normalized spacial score (nSPS) is 19.1. The molecule has 2 rings (SSSR count). The predicted molar refractivity (Wildman–Crippen MR) is 54.0 cm³/mol. The number of piperidine rings is 1. The molecular formula is C10H14NOS. The fraction of sp³-hybridized carbons (Fsp3) is 0.600. The van der Waals surface area contributed by atoms with Crippen LogP contribution in [0.5, 0.6) is 0 Å². The number of hydrogen-bond donors (Lipinski definition) is 0. The molecule has 0 atom stereocenters. The Hall–Kier alpha value is -0.380. The van der Waals surface area contributed by atoms with Crippen LogP contribution in [0.2, 0.25) is 0 Å². The van der Waals surface area contributed by atoms with Gasteiger partial charge >= 0.3 is 0 Å². The van der Waals surface area contributed by atoms with Crippen LogP contribution in [0.4, 0.5) is 0 Å². The van der Waals surface area contributed by atoms with Crippen molar-refractivity contribution in [2.45, 2.75) is 25.6 Å². The average molecular weight is 196 g/mol. The highest BCUT2D eigenvalue weighted by atomic mass is 32.1. The number of hydrogen-bond acceptors (Lipinski definition) is 2. The van der Waals surface area contributed by atoms with Gasteiger partial charge in [0.1, 0.15) is 0 Å². The van der Waals surface area contributed by atoms with Gasteiger partial charge in [-0.05, 0) is 35.2 Å². The van der Waals surface area contributed by atoms with Crippen molar-refractivity contribution in [3.05, 3.63) is 22.4 Å². The molecule has 1 aromatic rings. The lowest BCUT2D eigenvalue weighted by Gasteiger charge is -2.21. The van der Waals surface area contributed by atoms with Gasteiger partial charge in [-0.3, -0.25) is 0 Å². The predicted octanol–water partition coefficient (Wildman–Crippen LogP) is 2.03. The van der Waals surface area contributed by atoms with Crippen molar-refractivity contribution >= 4 is 11.3 Å². The van der Waals surface area contributed by atoms with Crippen LogP contribution in [0.1, 0.15) is 18.4 Å². The molecule has 0 unspecified atom stereocenters. The molecule has 1 aliphatic heterocycles. The van der Waals surface area contributed by atoms with E-state index >= 15 is 0 Å². The second-order valence-corrected chi connectivity index (χ2v) is 4.09. The molecule has 13 heavy (non-hydrogen) atoms. The van der Waals surface area contributed by atoms with Crippen molar-refractivity contribution in [3.63, 3.8) is 0 Å². The first-order valence-corrected chi connectivity index (χ1v) is 5.65. The number of rotatable bonds is 3. The Labute approximate surface area is 82.9 Å². The summed E-state index contributed by atoms with van der Waals surface area (Å²) in [6.07, 6.45) is 2.64. The van der Waals surface area contributed by atoms with E-state index < -0.39 is 0 Å². The molecule has 0 amide bonds. The molecule has 0 aliphatic carbocycles. The number of nitrogens with zero attached hydrogens (tertiary/aromatic N) is 1. The Kier molecular flexibility index (Phi) is 3.35. The maximum absolute atomic E-state index is 5.77. The molecule has 3 heteroatoms. The van der Waals surface area contributed by atoms with Gasteiger partial charge in [-0.2, -0.15) is 11.3 Å². The Balaban J connectivity index is 1.72. The third-order valence-electron chi connectivity index (χ3n) is 2.28. The van der Waals surface area contributed by atoms with E-state index in [1.54, 1.807) is 11.3 Å². The topological polar surface area (TPSA) is 23.3 Å². The van der Waals surface area contributed by atoms with Gasteiger partial charge in [0.15, 0.2) is 0 Å². The third-order valence-corrected chi connectivity index (χ3v) is 3.02. The summed E-state index contributed by atoms with van der Waals surface area (Å²) < 4.78 is 5.77. The highest BCUT2D eigenvalue weighted by Crippen LogP contribution is 2.13. The van der Waals surface area contributed by atoms with Gasteiger partial charge < -0.3 is 4.74 Å². The molecule has 1 aromatic heterocycles. The standard InChI is InChI=1S/C10H14NOS/c1-4-11-5-2-10(1)12-7-9-3-6-13-8-9/h3,6,8,10H,1-2,4-5,7H2. The molecule has 71 valence electrons. The fourth-order valence-corrected chi connectivity index (χ4v) is 2.14. The molecule has 0 spiro atoms. The Morgan fingerprint density at radius 2 is 2.31 bits per heavy atom. The minimum absolute atomic E-state index is 0.442. The molecule has 1 fully saturated rings. The second-order valence-electron chi connectivity index (χ2n) is 3.31. The molecule has 0 bridgehead atoms. The Morgan fingerprint density at radius 3 is 3.00 bits per heavy atom. The van der Waals surface area contributed by atoms with E-state index in [1.165, 1.54) is 5.56 Å². The zero-order valence-electron chi connectivity index (χ0n) is 7.61. The van der Waals surface area contributed by atoms with E-state index in [9.17, 15) is 0 Å². The van der Waals surface area contributed by atoms with Crippen molar-refractivity contribution in [1.29, 1.82) is 0 Å². The van der Waals surface area contributed by atoms with Crippen molar-refractivity contribution in [3.8, 4) is 0 Å². The molecule has 1 radical (unpaired) electrons. The van der Waals surface area contributed by atoms with Crippen LogP contribution in [-0.2, 0) is 11.3 Å². The van der Waals surface area contributed by atoms with Gasteiger partial charge in [0.05, 0.1) is 12.7 Å². The minimum atomic E-state index is 0.442. The zero-order chi connectivity index (χ0) is 8.93. The van der Waals surface area contributed by atoms with Crippen LogP contribution < -0.4 is 5.32 Å². The lowest BCUT2D eigenvalue weighted by molar-refractivity contribution is 0.0208. The van der Waals surface area contributed by atoms with E-state index in [4.69, 9.17) is 4.74 Å². The quantitative estimate of drug-likeness (QED) is 0.725. The summed E-state index contributed by atoms with van der Waals surface area (Å²) in [5, 5.41) is 8.53. The van der Waals surface area contributed by atoms with Gasteiger partial charge in [0.25, 0.3) is 0 Å². The summed E-state index contributed by atoms with van der Waals surface area (Å²) >= 11 is 1.73. The first kappa shape index (κ1) is 9.19. The largest absolute Gasteiger partial charge is 0.373 e. The molecular weight excluding hydrogens is 182 g/mol. The molecule has 2 heterocycles. The summed E-state index contributed by atoms with van der Waals surface area (Å²) in [6.45, 7) is 2.73. The monoisotopic (exact) mass is 196 g/mol. The van der Waals surface area contributed by atoms with Crippen molar-refractivity contribution in [2.24, 2.45) is 0 Å². The fourth-order valence-electron chi connectivity index (χ4n) is 1.48. The Bertz CT molecular complexity index is 229. The van der Waals surface area contributed by atoms with E-state index in [0.29, 0.717) is 6.10 Å². The summed E-state index contributed by atoms with van der Waals surface area (Å²) in [7, 11) is 0. The molecule has 0 saturated carbocycles. The lowest BCUT2D eigenvalue weighted by Crippen LogP contribution is -2.28. The SMILES string of the molecule is c1cc(COC2CC[N]CC2)cs1. The maximum atomic E-state index is 5.77. The van der Waals surface area contributed by atoms with Crippen LogP contribution in [0.25, 0.3) is 0 Å². The van der Waals surface area contributed by atoms with Gasteiger partial charge in [-0.15, -0.1) is 0 Å². The first-order valence-electron chi connectivity index (χ1n) is 4.71. The number of thiophene rings is 1. The van der Waals surface area contributed by atoms with Crippen molar-refractivity contribution < 1.29 is 4.74 Å². The second kappa shape index (κ2) is 4.74. The average Bonchev–Trinajstić information content (AvgIpc) is 2.69. The molecule has 0 N–H and O–H groups in total. The molecule has 1 saturated heterocycles. The highest BCUT2D eigenvalue weighted by Gasteiger charge is 2.13. The summed E-state index contributed by atoms with van der Waals surface area (Å²) in [6, 6.07) is 2.12. The van der Waals surface area contributed by atoms with Crippen LogP contribution in [0.3, 0.4) is 0 Å². The van der Waals surface area contributed by atoms with E-state index in [1.807, 2.05) is 0 Å². The van der Waals surface area contributed by atoms with Crippen LogP contribution in [-0.4, -0.2) is 19.2 Å². The van der Waals surface area contributed by atoms with Crippen molar-refractivity contribution in [2.75, 3.05) is 13.1 Å². The van der Waals surface area contributed by atoms with Gasteiger partial charge in [0.2, 0.25) is 0 Å². The van der Waals surface area contributed by atoms with Crippen molar-refractivity contribution in [1.82, 2.24) is 5.32 Å². The minimum Gasteiger partial charge on any atom is -0.373 e. The van der Waals surface area contributed by atoms with Crippen LogP contribution in [0, 0.1) is 0 Å². The van der Waals surface area contributed by atoms with Gasteiger partial charge in [-0.25, -0.2) is 5.32 Å². The van der Waals surface area contributed by atoms with Crippen LogP contribution in [0.15, 0.2) is 16.8 Å². The first-order chi connectivity index (χ1) is 6.45. The van der Waals surface area contributed by atoms with E-state index in [-0.39, 0.29) is 0 Å². The van der Waals surface area contributed by atoms with Gasteiger partial charge in [-0.1, -0.05) is 0 Å². The number of ether oxygens (including phenoxy) is 1. The maximum Gasteiger partial charge on any atom is 0.0728 e. The van der Waals surface area contributed by atoms with Gasteiger partial charge in [0, 0.05) is 13.1 Å². The summed E-state index contributed by atoms with van der Waals surface area (Å²) in [5.41, 5.74) is 1.30. The van der Waals surface area contributed by atoms with Crippen LogP contribution >= 0.6 is 11.3 Å². The highest BCUT2D eigenvalue weighted by molar-refractivity contribution is 7.07. The van der Waals surface area contributed by atoms with E-state index in [2.05, 4.69) is 22.1 Å². The van der Waals surface area contributed by atoms with E-state index in [0.717, 1.165) is 32.5 Å². The smallest absolute Gasteiger partial charge is 0.0728 e. The molecule has 2 nitrogen and oxygen atoms in total. The lowest BCUT2D eigenvalue weighted by atomic mass is 10.1.